The molecule has 0 amide bonds. The molecule has 1 heterocycles. The predicted octanol–water partition coefficient (Wildman–Crippen LogP) is 3.86. The molecule has 0 spiro atoms. The molecule has 1 saturated heterocycles. The van der Waals surface area contributed by atoms with Gasteiger partial charge in [-0.3, -0.25) is 0 Å². The molecule has 2 atom stereocenters. The zero-order chi connectivity index (χ0) is 14.0. The highest BCUT2D eigenvalue weighted by Gasteiger charge is 2.32. The first kappa shape index (κ1) is 14.2. The van der Waals surface area contributed by atoms with E-state index in [9.17, 15) is 13.2 Å². The van der Waals surface area contributed by atoms with Crippen LogP contribution in [0.2, 0.25) is 0 Å². The topological polar surface area (TPSA) is 21.3 Å². The Morgan fingerprint density at radius 1 is 1.32 bits per heavy atom. The molecule has 19 heavy (non-hydrogen) atoms. The van der Waals surface area contributed by atoms with Gasteiger partial charge < -0.3 is 10.1 Å². The summed E-state index contributed by atoms with van der Waals surface area (Å²) in [7, 11) is 0. The van der Waals surface area contributed by atoms with E-state index in [1.165, 1.54) is 0 Å². The first-order chi connectivity index (χ1) is 8.93. The van der Waals surface area contributed by atoms with Crippen LogP contribution < -0.4 is 5.32 Å². The lowest BCUT2D eigenvalue weighted by molar-refractivity contribution is -0.0709. The van der Waals surface area contributed by atoms with Crippen molar-refractivity contribution in [3.8, 4) is 0 Å². The number of halogens is 3. The standard InChI is InChI=1S/C14H18F3NO/c1-3-14(2)8-10(4-5-19-14)18-13-11(16)6-9(15)7-12(13)17/h6-7,10,18H,3-5,8H2,1-2H3. The van der Waals surface area contributed by atoms with Crippen molar-refractivity contribution in [2.75, 3.05) is 11.9 Å². The van der Waals surface area contributed by atoms with Gasteiger partial charge in [-0.1, -0.05) is 6.92 Å². The van der Waals surface area contributed by atoms with Crippen LogP contribution in [0.4, 0.5) is 18.9 Å². The largest absolute Gasteiger partial charge is 0.377 e. The summed E-state index contributed by atoms with van der Waals surface area (Å²) in [6.45, 7) is 4.55. The fourth-order valence-electron chi connectivity index (χ4n) is 2.38. The first-order valence-electron chi connectivity index (χ1n) is 6.48. The van der Waals surface area contributed by atoms with E-state index in [2.05, 4.69) is 5.32 Å². The molecule has 1 aliphatic rings. The van der Waals surface area contributed by atoms with Crippen molar-refractivity contribution < 1.29 is 17.9 Å². The average molecular weight is 273 g/mol. The molecule has 2 rings (SSSR count). The summed E-state index contributed by atoms with van der Waals surface area (Å²) in [5.74, 6) is -2.71. The highest BCUT2D eigenvalue weighted by Crippen LogP contribution is 2.31. The Balaban J connectivity index is 2.13. The number of anilines is 1. The second-order valence-corrected chi connectivity index (χ2v) is 5.23. The molecular formula is C14H18F3NO. The molecule has 1 aromatic rings. The van der Waals surface area contributed by atoms with E-state index in [-0.39, 0.29) is 17.3 Å². The SMILES string of the molecule is CCC1(C)CC(Nc2c(F)cc(F)cc2F)CCO1. The maximum absolute atomic E-state index is 13.6. The number of hydrogen-bond donors (Lipinski definition) is 1. The zero-order valence-electron chi connectivity index (χ0n) is 11.1. The Kier molecular flexibility index (Phi) is 4.04. The fourth-order valence-corrected chi connectivity index (χ4v) is 2.38. The summed E-state index contributed by atoms with van der Waals surface area (Å²) in [5, 5.41) is 2.84. The summed E-state index contributed by atoms with van der Waals surface area (Å²) in [4.78, 5) is 0. The number of rotatable bonds is 3. The van der Waals surface area contributed by atoms with E-state index >= 15 is 0 Å². The molecule has 0 aromatic heterocycles. The maximum Gasteiger partial charge on any atom is 0.152 e. The predicted molar refractivity (Wildman–Crippen MR) is 67.6 cm³/mol. The second-order valence-electron chi connectivity index (χ2n) is 5.23. The summed E-state index contributed by atoms with van der Waals surface area (Å²) in [6, 6.07) is 1.29. The van der Waals surface area contributed by atoms with Gasteiger partial charge in [0.05, 0.1) is 5.60 Å². The molecule has 2 nitrogen and oxygen atoms in total. The normalized spacial score (nSPS) is 27.3. The number of hydrogen-bond acceptors (Lipinski definition) is 2. The van der Waals surface area contributed by atoms with Gasteiger partial charge in [0.25, 0.3) is 0 Å². The lowest BCUT2D eigenvalue weighted by Crippen LogP contribution is -2.42. The van der Waals surface area contributed by atoms with Crippen LogP contribution in [0.25, 0.3) is 0 Å². The van der Waals surface area contributed by atoms with Crippen LogP contribution in [0.1, 0.15) is 33.1 Å². The molecule has 2 unspecified atom stereocenters. The molecule has 0 saturated carbocycles. The molecule has 0 bridgehead atoms. The molecular weight excluding hydrogens is 255 g/mol. The van der Waals surface area contributed by atoms with Crippen LogP contribution in [-0.2, 0) is 4.74 Å². The van der Waals surface area contributed by atoms with Crippen LogP contribution in [-0.4, -0.2) is 18.2 Å². The quantitative estimate of drug-likeness (QED) is 0.902. The smallest absolute Gasteiger partial charge is 0.152 e. The number of nitrogens with one attached hydrogen (secondary N) is 1. The van der Waals surface area contributed by atoms with Crippen molar-refractivity contribution in [1.82, 2.24) is 0 Å². The van der Waals surface area contributed by atoms with Gasteiger partial charge in [-0.05, 0) is 26.2 Å². The monoisotopic (exact) mass is 273 g/mol. The van der Waals surface area contributed by atoms with Gasteiger partial charge in [0.15, 0.2) is 11.6 Å². The maximum atomic E-state index is 13.6. The Morgan fingerprint density at radius 3 is 2.53 bits per heavy atom. The van der Waals surface area contributed by atoms with Gasteiger partial charge >= 0.3 is 0 Å². The van der Waals surface area contributed by atoms with Crippen molar-refractivity contribution in [2.45, 2.75) is 44.8 Å². The van der Waals surface area contributed by atoms with Crippen LogP contribution in [0.5, 0.6) is 0 Å². The molecule has 1 aromatic carbocycles. The van der Waals surface area contributed by atoms with Gasteiger partial charge in [0.2, 0.25) is 0 Å². The number of benzene rings is 1. The Morgan fingerprint density at radius 2 is 1.95 bits per heavy atom. The molecule has 0 radical (unpaired) electrons. The minimum Gasteiger partial charge on any atom is -0.377 e. The third kappa shape index (κ3) is 3.21. The zero-order valence-corrected chi connectivity index (χ0v) is 11.1. The molecule has 1 fully saturated rings. The van der Waals surface area contributed by atoms with E-state index in [1.54, 1.807) is 0 Å². The second kappa shape index (κ2) is 5.41. The third-order valence-corrected chi connectivity index (χ3v) is 3.70. The summed E-state index contributed by atoms with van der Waals surface area (Å²) in [5.41, 5.74) is -0.533. The van der Waals surface area contributed by atoms with E-state index < -0.39 is 17.5 Å². The van der Waals surface area contributed by atoms with Crippen LogP contribution in [0.3, 0.4) is 0 Å². The van der Waals surface area contributed by atoms with E-state index in [0.29, 0.717) is 31.6 Å². The van der Waals surface area contributed by atoms with Crippen molar-refractivity contribution in [3.63, 3.8) is 0 Å². The minimum absolute atomic E-state index is 0.0758. The fraction of sp³-hybridized carbons (Fsp3) is 0.571. The Labute approximate surface area is 111 Å². The highest BCUT2D eigenvalue weighted by molar-refractivity contribution is 5.47. The van der Waals surface area contributed by atoms with Crippen LogP contribution in [0.15, 0.2) is 12.1 Å². The van der Waals surface area contributed by atoms with Crippen LogP contribution in [0, 0.1) is 17.5 Å². The van der Waals surface area contributed by atoms with Crippen molar-refractivity contribution in [1.29, 1.82) is 0 Å². The first-order valence-corrected chi connectivity index (χ1v) is 6.48. The number of ether oxygens (including phenoxy) is 1. The molecule has 1 aliphatic heterocycles. The van der Waals surface area contributed by atoms with Crippen molar-refractivity contribution in [2.24, 2.45) is 0 Å². The molecule has 1 N–H and O–H groups in total. The minimum atomic E-state index is -0.911. The van der Waals surface area contributed by atoms with Gasteiger partial charge in [0.1, 0.15) is 11.5 Å². The van der Waals surface area contributed by atoms with Gasteiger partial charge in [0, 0.05) is 24.8 Å². The molecule has 106 valence electrons. The van der Waals surface area contributed by atoms with E-state index in [1.807, 2.05) is 13.8 Å². The third-order valence-electron chi connectivity index (χ3n) is 3.70. The summed E-state index contributed by atoms with van der Waals surface area (Å²) < 4.78 is 45.6. The van der Waals surface area contributed by atoms with Crippen molar-refractivity contribution >= 4 is 5.69 Å². The van der Waals surface area contributed by atoms with E-state index in [0.717, 1.165) is 6.42 Å². The molecule has 0 aliphatic carbocycles. The lowest BCUT2D eigenvalue weighted by Gasteiger charge is -2.38. The van der Waals surface area contributed by atoms with E-state index in [4.69, 9.17) is 4.74 Å². The summed E-state index contributed by atoms with van der Waals surface area (Å²) >= 11 is 0. The van der Waals surface area contributed by atoms with Crippen LogP contribution >= 0.6 is 0 Å². The average Bonchev–Trinajstić information content (AvgIpc) is 2.34. The Hall–Kier alpha value is -1.23. The lowest BCUT2D eigenvalue weighted by atomic mass is 9.90. The van der Waals surface area contributed by atoms with Crippen molar-refractivity contribution in [3.05, 3.63) is 29.6 Å². The summed E-state index contributed by atoms with van der Waals surface area (Å²) in [6.07, 6.45) is 2.17. The highest BCUT2D eigenvalue weighted by atomic mass is 19.1. The van der Waals surface area contributed by atoms with Gasteiger partial charge in [-0.15, -0.1) is 0 Å². The Bertz CT molecular complexity index is 443. The molecule has 5 heteroatoms. The van der Waals surface area contributed by atoms with Gasteiger partial charge in [-0.25, -0.2) is 13.2 Å². The van der Waals surface area contributed by atoms with Gasteiger partial charge in [-0.2, -0.15) is 0 Å².